The van der Waals surface area contributed by atoms with Crippen LogP contribution in [0.4, 0.5) is 0 Å². The minimum Gasteiger partial charge on any atom is -0.325 e. The first-order valence-electron chi connectivity index (χ1n) is 3.91. The smallest absolute Gasteiger partial charge is 0.171 e. The van der Waals surface area contributed by atoms with E-state index in [1.54, 1.807) is 23.3 Å². The lowest BCUT2D eigenvalue weighted by molar-refractivity contribution is 0.825. The van der Waals surface area contributed by atoms with E-state index in [1.807, 2.05) is 12.3 Å². The Balaban J connectivity index is 2.33. The van der Waals surface area contributed by atoms with Crippen LogP contribution in [0.3, 0.4) is 0 Å². The highest BCUT2D eigenvalue weighted by atomic mass is 15.3. The van der Waals surface area contributed by atoms with Gasteiger partial charge in [0.2, 0.25) is 0 Å². The maximum atomic E-state index is 5.39. The number of hydrogen-bond acceptors (Lipinski definition) is 4. The van der Waals surface area contributed by atoms with Crippen molar-refractivity contribution in [3.8, 4) is 5.82 Å². The minimum atomic E-state index is 0.409. The van der Waals surface area contributed by atoms with Crippen LogP contribution in [0, 0.1) is 0 Å². The van der Waals surface area contributed by atoms with Crippen molar-refractivity contribution < 1.29 is 0 Å². The first-order valence-corrected chi connectivity index (χ1v) is 3.91. The predicted molar refractivity (Wildman–Crippen MR) is 47.0 cm³/mol. The summed E-state index contributed by atoms with van der Waals surface area (Å²) in [6.07, 6.45) is 6.80. The third kappa shape index (κ3) is 1.54. The fourth-order valence-corrected chi connectivity index (χ4v) is 0.976. The molecule has 0 amide bonds. The van der Waals surface area contributed by atoms with Gasteiger partial charge in [-0.1, -0.05) is 0 Å². The quantitative estimate of drug-likeness (QED) is 0.703. The molecule has 2 aromatic rings. The molecule has 2 aromatic heterocycles. The third-order valence-electron chi connectivity index (χ3n) is 1.64. The number of hydrogen-bond donors (Lipinski definition) is 1. The molecule has 0 unspecified atom stereocenters. The number of nitrogens with zero attached hydrogens (tertiary/aromatic N) is 4. The zero-order valence-corrected chi connectivity index (χ0v) is 6.96. The molecule has 0 bridgehead atoms. The monoisotopic (exact) mass is 175 g/mol. The lowest BCUT2D eigenvalue weighted by atomic mass is 10.4. The summed E-state index contributed by atoms with van der Waals surface area (Å²) in [6.45, 7) is 0.409. The molecule has 0 aliphatic carbocycles. The molecule has 0 aliphatic rings. The van der Waals surface area contributed by atoms with E-state index in [4.69, 9.17) is 5.73 Å². The Kier molecular flexibility index (Phi) is 2.01. The van der Waals surface area contributed by atoms with Crippen LogP contribution in [-0.4, -0.2) is 19.7 Å². The molecule has 5 heteroatoms. The van der Waals surface area contributed by atoms with E-state index < -0.39 is 0 Å². The fourth-order valence-electron chi connectivity index (χ4n) is 0.976. The van der Waals surface area contributed by atoms with Crippen molar-refractivity contribution in [1.29, 1.82) is 0 Å². The summed E-state index contributed by atoms with van der Waals surface area (Å²) in [5, 5.41) is 4.02. The molecule has 2 N–H and O–H groups in total. The molecule has 0 radical (unpaired) electrons. The maximum Gasteiger partial charge on any atom is 0.171 e. The number of nitrogens with two attached hydrogens (primary N) is 1. The zero-order valence-electron chi connectivity index (χ0n) is 6.96. The van der Waals surface area contributed by atoms with Gasteiger partial charge in [0.1, 0.15) is 0 Å². The normalized spacial score (nSPS) is 10.2. The van der Waals surface area contributed by atoms with Crippen molar-refractivity contribution in [2.24, 2.45) is 5.73 Å². The van der Waals surface area contributed by atoms with Gasteiger partial charge in [0.25, 0.3) is 0 Å². The van der Waals surface area contributed by atoms with Gasteiger partial charge in [-0.25, -0.2) is 9.67 Å². The molecule has 0 aliphatic heterocycles. The lowest BCUT2D eigenvalue weighted by Gasteiger charge is -1.99. The van der Waals surface area contributed by atoms with Crippen molar-refractivity contribution in [2.75, 3.05) is 0 Å². The SMILES string of the molecule is NCc1cnc(-n2cccn2)cn1. The topological polar surface area (TPSA) is 69.6 Å². The Morgan fingerprint density at radius 2 is 2.23 bits per heavy atom. The van der Waals surface area contributed by atoms with Gasteiger partial charge in [-0.3, -0.25) is 4.98 Å². The molecule has 13 heavy (non-hydrogen) atoms. The number of aromatic nitrogens is 4. The van der Waals surface area contributed by atoms with Crippen LogP contribution in [0.25, 0.3) is 5.82 Å². The molecule has 0 saturated heterocycles. The molecule has 0 fully saturated rings. The van der Waals surface area contributed by atoms with Crippen LogP contribution >= 0.6 is 0 Å². The second-order valence-corrected chi connectivity index (χ2v) is 2.52. The molecular formula is C8H9N5. The van der Waals surface area contributed by atoms with Crippen LogP contribution in [-0.2, 0) is 6.54 Å². The molecule has 0 saturated carbocycles. The highest BCUT2D eigenvalue weighted by Crippen LogP contribution is 1.99. The Bertz CT molecular complexity index is 364. The molecule has 0 atom stereocenters. The van der Waals surface area contributed by atoms with Crippen molar-refractivity contribution in [3.63, 3.8) is 0 Å². The van der Waals surface area contributed by atoms with E-state index in [0.29, 0.717) is 12.4 Å². The fraction of sp³-hybridized carbons (Fsp3) is 0.125. The Morgan fingerprint density at radius 1 is 1.31 bits per heavy atom. The summed E-state index contributed by atoms with van der Waals surface area (Å²) in [5.41, 5.74) is 6.17. The Morgan fingerprint density at radius 3 is 2.77 bits per heavy atom. The molecule has 2 heterocycles. The third-order valence-corrected chi connectivity index (χ3v) is 1.64. The highest BCUT2D eigenvalue weighted by molar-refractivity contribution is 5.16. The highest BCUT2D eigenvalue weighted by Gasteiger charge is 1.97. The van der Waals surface area contributed by atoms with E-state index in [-0.39, 0.29) is 0 Å². The van der Waals surface area contributed by atoms with Crippen molar-refractivity contribution in [2.45, 2.75) is 6.54 Å². The molecule has 2 rings (SSSR count). The maximum absolute atomic E-state index is 5.39. The van der Waals surface area contributed by atoms with Crippen LogP contribution in [0.2, 0.25) is 0 Å². The summed E-state index contributed by atoms with van der Waals surface area (Å²) in [6, 6.07) is 1.83. The van der Waals surface area contributed by atoms with Gasteiger partial charge < -0.3 is 5.73 Å². The van der Waals surface area contributed by atoms with Crippen molar-refractivity contribution >= 4 is 0 Å². The predicted octanol–water partition coefficient (Wildman–Crippen LogP) is 0.121. The minimum absolute atomic E-state index is 0.409. The van der Waals surface area contributed by atoms with E-state index in [2.05, 4.69) is 15.1 Å². The van der Waals surface area contributed by atoms with Gasteiger partial charge in [0, 0.05) is 18.9 Å². The summed E-state index contributed by atoms with van der Waals surface area (Å²) >= 11 is 0. The molecule has 0 spiro atoms. The van der Waals surface area contributed by atoms with Gasteiger partial charge in [0.15, 0.2) is 5.82 Å². The Hall–Kier alpha value is -1.75. The second kappa shape index (κ2) is 3.32. The summed E-state index contributed by atoms with van der Waals surface area (Å²) in [7, 11) is 0. The van der Waals surface area contributed by atoms with Crippen molar-refractivity contribution in [3.05, 3.63) is 36.5 Å². The molecular weight excluding hydrogens is 166 g/mol. The van der Waals surface area contributed by atoms with Crippen LogP contribution in [0.15, 0.2) is 30.9 Å². The van der Waals surface area contributed by atoms with Gasteiger partial charge in [0.05, 0.1) is 18.1 Å². The van der Waals surface area contributed by atoms with Gasteiger partial charge in [-0.2, -0.15) is 5.10 Å². The van der Waals surface area contributed by atoms with E-state index >= 15 is 0 Å². The molecule has 66 valence electrons. The average Bonchev–Trinajstić information content (AvgIpc) is 2.71. The lowest BCUT2D eigenvalue weighted by Crippen LogP contribution is -2.03. The zero-order chi connectivity index (χ0) is 9.10. The van der Waals surface area contributed by atoms with Gasteiger partial charge in [-0.15, -0.1) is 0 Å². The van der Waals surface area contributed by atoms with E-state index in [0.717, 1.165) is 5.69 Å². The van der Waals surface area contributed by atoms with Gasteiger partial charge in [-0.05, 0) is 6.07 Å². The average molecular weight is 175 g/mol. The molecule has 5 nitrogen and oxygen atoms in total. The first kappa shape index (κ1) is 7.88. The number of rotatable bonds is 2. The van der Waals surface area contributed by atoms with E-state index in [9.17, 15) is 0 Å². The van der Waals surface area contributed by atoms with E-state index in [1.165, 1.54) is 0 Å². The second-order valence-electron chi connectivity index (χ2n) is 2.52. The van der Waals surface area contributed by atoms with Crippen LogP contribution < -0.4 is 5.73 Å². The largest absolute Gasteiger partial charge is 0.325 e. The summed E-state index contributed by atoms with van der Waals surface area (Å²) in [5.74, 6) is 0.696. The Labute approximate surface area is 75.2 Å². The van der Waals surface area contributed by atoms with Crippen LogP contribution in [0.1, 0.15) is 5.69 Å². The molecule has 0 aromatic carbocycles. The van der Waals surface area contributed by atoms with Gasteiger partial charge >= 0.3 is 0 Å². The van der Waals surface area contributed by atoms with Crippen molar-refractivity contribution in [1.82, 2.24) is 19.7 Å². The first-order chi connectivity index (χ1) is 6.40. The summed E-state index contributed by atoms with van der Waals surface area (Å²) < 4.78 is 1.65. The van der Waals surface area contributed by atoms with Crippen LogP contribution in [0.5, 0.6) is 0 Å². The summed E-state index contributed by atoms with van der Waals surface area (Å²) in [4.78, 5) is 8.25. The standard InChI is InChI=1S/C8H9N5/c9-4-7-5-11-8(6-10-7)13-3-1-2-12-13/h1-3,5-6H,4,9H2.